The second-order valence-electron chi connectivity index (χ2n) is 21.4. The zero-order chi connectivity index (χ0) is 58.1. The van der Waals surface area contributed by atoms with Crippen LogP contribution < -0.4 is 31.3 Å². The lowest BCUT2D eigenvalue weighted by molar-refractivity contribution is -0.221. The second kappa shape index (κ2) is 23.4. The third-order valence-corrected chi connectivity index (χ3v) is 15.1. The van der Waals surface area contributed by atoms with Crippen LogP contribution in [0.5, 0.6) is 0 Å². The minimum atomic E-state index is -5.22. The van der Waals surface area contributed by atoms with E-state index in [0.29, 0.717) is 67.9 Å². The fraction of sp³-hybridized carbons (Fsp3) is 0.528. The molecule has 19 nitrogen and oxygen atoms in total. The maximum absolute atomic E-state index is 16.6. The minimum absolute atomic E-state index is 0.0769. The minimum Gasteiger partial charge on any atom is -0.453 e. The number of amides is 4. The molecule has 5 N–H and O–H groups in total. The number of alkyl carbamates (subject to hydrolysis) is 2. The van der Waals surface area contributed by atoms with E-state index in [1.807, 2.05) is 10.7 Å². The Morgan fingerprint density at radius 3 is 1.77 bits per heavy atom. The first kappa shape index (κ1) is 58.8. The van der Waals surface area contributed by atoms with E-state index in [0.717, 1.165) is 78.3 Å². The van der Waals surface area contributed by atoms with Crippen LogP contribution >= 0.6 is 0 Å². The molecule has 0 spiro atoms. The molecule has 3 aliphatic heterocycles. The van der Waals surface area contributed by atoms with Gasteiger partial charge in [-0.1, -0.05) is 24.0 Å². The third-order valence-electron chi connectivity index (χ3n) is 15.1. The number of benzene rings is 2. The van der Waals surface area contributed by atoms with Gasteiger partial charge in [0.1, 0.15) is 17.8 Å². The first-order valence-corrected chi connectivity index (χ1v) is 25.7. The Kier molecular flexibility index (Phi) is 17.2. The standard InChI is InChI=1S/C53H61F8N11O8/c1-50(2,52(56,57)58)43(65-48(76)78-5)45(74)64-40(19-30-10-7-29(8-11-30)9-12-31-22-62-47(63-23-31)69-24-34-15-16-35(25-69)72(34)36-27-80-28-36)41(73)26-71(68-46(75)44(66-49(77)79-6)51(3,4)53(59,60)61)42-37(54)20-32(21-38(42)55)39-17-18-70(67-39)33-13-14-33/h7-8,10-11,17-18,20-23,33-36,40-41,43-44,73H,13-16,19,24-28H2,1-6H3,(H,64,74)(H,65,76)(H,66,77)(H,68,75)/t34?,35?,40-,41-,43+,44+/m0/s1. The number of piperazine rings is 1. The van der Waals surface area contributed by atoms with Gasteiger partial charge in [-0.25, -0.2) is 28.3 Å². The van der Waals surface area contributed by atoms with Crippen LogP contribution in [0.4, 0.5) is 56.3 Å². The van der Waals surface area contributed by atoms with Gasteiger partial charge in [0.15, 0.2) is 11.6 Å². The molecular formula is C53H61F8N11O8. The van der Waals surface area contributed by atoms with Crippen LogP contribution in [0.15, 0.2) is 61.1 Å². The van der Waals surface area contributed by atoms with Crippen LogP contribution in [0.3, 0.4) is 0 Å². The van der Waals surface area contributed by atoms with Gasteiger partial charge in [-0.05, 0) is 95.7 Å². The number of carbonyl (C=O) groups excluding carboxylic acids is 4. The molecule has 4 aliphatic rings. The molecule has 8 rings (SSSR count). The van der Waals surface area contributed by atoms with Crippen LogP contribution in [0.1, 0.15) is 76.1 Å². The Bertz CT molecular complexity index is 2920. The normalized spacial score (nSPS) is 19.3. The van der Waals surface area contributed by atoms with Crippen molar-refractivity contribution in [2.24, 2.45) is 10.8 Å². The summed E-state index contributed by atoms with van der Waals surface area (Å²) < 4.78 is 137. The molecule has 4 aromatic rings. The highest BCUT2D eigenvalue weighted by atomic mass is 19.4. The van der Waals surface area contributed by atoms with Crippen LogP contribution in [0, 0.1) is 34.3 Å². The molecular weight excluding hydrogens is 1070 g/mol. The summed E-state index contributed by atoms with van der Waals surface area (Å²) in [6.45, 7) is 4.18. The molecule has 432 valence electrons. The Hall–Kier alpha value is -7.31. The highest BCUT2D eigenvalue weighted by Gasteiger charge is 2.57. The number of aliphatic hydroxyl groups is 1. The van der Waals surface area contributed by atoms with E-state index >= 15 is 8.78 Å². The Morgan fingerprint density at radius 2 is 1.27 bits per heavy atom. The topological polar surface area (TPSA) is 218 Å². The summed E-state index contributed by atoms with van der Waals surface area (Å²) in [7, 11) is 1.64. The smallest absolute Gasteiger partial charge is 0.407 e. The number of aliphatic hydroxyl groups excluding tert-OH is 1. The summed E-state index contributed by atoms with van der Waals surface area (Å²) in [6.07, 6.45) is -7.41. The first-order chi connectivity index (χ1) is 37.7. The van der Waals surface area contributed by atoms with Crippen molar-refractivity contribution in [3.8, 4) is 23.1 Å². The van der Waals surface area contributed by atoms with Crippen molar-refractivity contribution in [2.75, 3.05) is 57.0 Å². The van der Waals surface area contributed by atoms with Crippen LogP contribution in [-0.2, 0) is 30.2 Å². The number of hydrogen-bond donors (Lipinski definition) is 5. The molecule has 4 amide bonds. The van der Waals surface area contributed by atoms with Gasteiger partial charge in [-0.15, -0.1) is 0 Å². The van der Waals surface area contributed by atoms with Crippen molar-refractivity contribution in [1.29, 1.82) is 0 Å². The molecule has 6 atom stereocenters. The lowest BCUT2D eigenvalue weighted by Gasteiger charge is -2.47. The number of hydrogen-bond acceptors (Lipinski definition) is 14. The number of hydrazine groups is 1. The molecule has 0 radical (unpaired) electrons. The monoisotopic (exact) mass is 1130 g/mol. The number of halogens is 8. The van der Waals surface area contributed by atoms with Gasteiger partial charge in [0.05, 0.1) is 80.3 Å². The SMILES string of the molecule is COC(=O)N[C@H](C(=O)N[C@@H](Cc1ccc(C#Cc2cnc(N3CC4CCC(C3)N4C3COC3)nc2)cc1)[C@@H](O)CN(NC(=O)[C@@H](NC(=O)OC)C(C)(C)C(F)(F)F)c1c(F)cc(-c2ccn(C3CC3)n2)cc1F)C(C)(C)C(F)(F)F. The molecule has 2 aromatic heterocycles. The number of aromatic nitrogens is 4. The van der Waals surface area contributed by atoms with Gasteiger partial charge < -0.3 is 40.2 Å². The van der Waals surface area contributed by atoms with Crippen LogP contribution in [-0.4, -0.2) is 156 Å². The van der Waals surface area contributed by atoms with Gasteiger partial charge in [-0.2, -0.15) is 31.4 Å². The maximum atomic E-state index is 16.6. The summed E-state index contributed by atoms with van der Waals surface area (Å²) in [5.41, 5.74) is -4.09. The third kappa shape index (κ3) is 13.0. The van der Waals surface area contributed by atoms with E-state index in [1.165, 1.54) is 18.2 Å². The molecule has 80 heavy (non-hydrogen) atoms. The van der Waals surface area contributed by atoms with E-state index in [9.17, 15) is 50.6 Å². The number of fused-ring (bicyclic) bond motifs is 2. The van der Waals surface area contributed by atoms with Crippen molar-refractivity contribution in [3.63, 3.8) is 0 Å². The number of anilines is 2. The molecule has 2 aromatic carbocycles. The fourth-order valence-electron chi connectivity index (χ4n) is 9.85. The van der Waals surface area contributed by atoms with Gasteiger partial charge in [-0.3, -0.25) is 29.6 Å². The van der Waals surface area contributed by atoms with E-state index in [2.05, 4.69) is 51.5 Å². The van der Waals surface area contributed by atoms with E-state index in [4.69, 9.17) is 4.74 Å². The van der Waals surface area contributed by atoms with E-state index in [1.54, 1.807) is 40.7 Å². The molecule has 5 heterocycles. The number of carbonyl (C=O) groups is 4. The average molecular weight is 1130 g/mol. The first-order valence-electron chi connectivity index (χ1n) is 25.7. The summed E-state index contributed by atoms with van der Waals surface area (Å²) >= 11 is 0. The number of nitrogens with one attached hydrogen (secondary N) is 4. The molecule has 1 aliphatic carbocycles. The quantitative estimate of drug-likeness (QED) is 0.0442. The number of ether oxygens (including phenoxy) is 3. The summed E-state index contributed by atoms with van der Waals surface area (Å²) in [5.74, 6) is 0.406. The van der Waals surface area contributed by atoms with E-state index < -0.39 is 102 Å². The summed E-state index contributed by atoms with van der Waals surface area (Å²) in [5, 5.41) is 22.8. The molecule has 1 saturated carbocycles. The average Bonchev–Trinajstić information content (AvgIpc) is 4.17. The van der Waals surface area contributed by atoms with Crippen LogP contribution in [0.2, 0.25) is 0 Å². The fourth-order valence-corrected chi connectivity index (χ4v) is 9.85. The predicted octanol–water partition coefficient (Wildman–Crippen LogP) is 5.96. The Labute approximate surface area is 455 Å². The number of alkyl halides is 6. The maximum Gasteiger partial charge on any atom is 0.407 e. The van der Waals surface area contributed by atoms with Crippen molar-refractivity contribution >= 4 is 35.6 Å². The lowest BCUT2D eigenvalue weighted by Crippen LogP contribution is -2.64. The second-order valence-corrected chi connectivity index (χ2v) is 21.4. The molecule has 4 fully saturated rings. The summed E-state index contributed by atoms with van der Waals surface area (Å²) in [4.78, 5) is 67.0. The highest BCUT2D eigenvalue weighted by Crippen LogP contribution is 2.43. The van der Waals surface area contributed by atoms with Gasteiger partial charge in [0, 0.05) is 54.9 Å². The molecule has 2 unspecified atom stereocenters. The predicted molar refractivity (Wildman–Crippen MR) is 271 cm³/mol. The Morgan fingerprint density at radius 1 is 0.750 bits per heavy atom. The van der Waals surface area contributed by atoms with Crippen LogP contribution in [0.25, 0.3) is 11.3 Å². The highest BCUT2D eigenvalue weighted by molar-refractivity contribution is 5.88. The van der Waals surface area contributed by atoms with Crippen molar-refractivity contribution in [3.05, 3.63) is 89.4 Å². The number of rotatable bonds is 18. The van der Waals surface area contributed by atoms with Crippen molar-refractivity contribution < 1.29 is 73.6 Å². The van der Waals surface area contributed by atoms with Crippen molar-refractivity contribution in [2.45, 2.75) is 121 Å². The summed E-state index contributed by atoms with van der Waals surface area (Å²) in [6, 6.07) is 3.63. The van der Waals surface area contributed by atoms with Gasteiger partial charge >= 0.3 is 24.5 Å². The lowest BCUT2D eigenvalue weighted by atomic mass is 9.82. The molecule has 3 saturated heterocycles. The molecule has 2 bridgehead atoms. The zero-order valence-electron chi connectivity index (χ0n) is 44.4. The Balaban J connectivity index is 1.09. The van der Waals surface area contributed by atoms with Crippen molar-refractivity contribution in [1.82, 2.24) is 46.0 Å². The van der Waals surface area contributed by atoms with Gasteiger partial charge in [0.2, 0.25) is 11.9 Å². The number of nitrogens with zero attached hydrogens (tertiary/aromatic N) is 7. The molecule has 27 heteroatoms. The zero-order valence-corrected chi connectivity index (χ0v) is 44.4. The van der Waals surface area contributed by atoms with Gasteiger partial charge in [0.25, 0.3) is 5.91 Å². The largest absolute Gasteiger partial charge is 0.453 e. The number of methoxy groups -OCH3 is 2. The van der Waals surface area contributed by atoms with E-state index in [-0.39, 0.29) is 22.9 Å².